The number of nitrogens with zero attached hydrogens (tertiary/aromatic N) is 4. The molecule has 0 aliphatic carbocycles. The van der Waals surface area contributed by atoms with E-state index in [0.29, 0.717) is 49.3 Å². The second-order valence-corrected chi connectivity index (χ2v) is 8.99. The summed E-state index contributed by atoms with van der Waals surface area (Å²) in [6, 6.07) is 7.70. The Labute approximate surface area is 188 Å². The highest BCUT2D eigenvalue weighted by Crippen LogP contribution is 2.21. The summed E-state index contributed by atoms with van der Waals surface area (Å²) in [4.78, 5) is 36.9. The second kappa shape index (κ2) is 9.54. The molecule has 1 aromatic carbocycles. The van der Waals surface area contributed by atoms with Crippen LogP contribution in [0.1, 0.15) is 55.7 Å². The minimum absolute atomic E-state index is 0.00278. The highest BCUT2D eigenvalue weighted by Gasteiger charge is 2.30. The molecule has 3 aromatic rings. The molecule has 8 heteroatoms. The molecule has 2 amide bonds. The smallest absolute Gasteiger partial charge is 0.254 e. The summed E-state index contributed by atoms with van der Waals surface area (Å²) < 4.78 is 5.32. The number of rotatable bonds is 7. The van der Waals surface area contributed by atoms with Crippen molar-refractivity contribution in [3.8, 4) is 0 Å². The van der Waals surface area contributed by atoms with E-state index in [4.69, 9.17) is 4.52 Å². The SMILES string of the molecule is CC(=O)N(CCc1noc(CC(C)C)n1)C1CCCN(C(=O)c2ccc3cc[nH]c3c2)C1. The number of hydrogen-bond donors (Lipinski definition) is 1. The molecule has 1 atom stereocenters. The van der Waals surface area contributed by atoms with Crippen LogP contribution in [0.3, 0.4) is 0 Å². The van der Waals surface area contributed by atoms with Crippen molar-refractivity contribution in [3.05, 3.63) is 47.7 Å². The highest BCUT2D eigenvalue weighted by atomic mass is 16.5. The quantitative estimate of drug-likeness (QED) is 0.611. The lowest BCUT2D eigenvalue weighted by Crippen LogP contribution is -2.51. The molecule has 8 nitrogen and oxygen atoms in total. The van der Waals surface area contributed by atoms with E-state index < -0.39 is 0 Å². The van der Waals surface area contributed by atoms with E-state index in [9.17, 15) is 9.59 Å². The molecule has 1 saturated heterocycles. The summed E-state index contributed by atoms with van der Waals surface area (Å²) in [5, 5.41) is 5.14. The molecule has 4 rings (SSSR count). The number of aromatic nitrogens is 3. The van der Waals surface area contributed by atoms with Crippen molar-refractivity contribution in [2.75, 3.05) is 19.6 Å². The van der Waals surface area contributed by atoms with E-state index in [0.717, 1.165) is 30.2 Å². The number of carbonyl (C=O) groups excluding carboxylic acids is 2. The van der Waals surface area contributed by atoms with Crippen LogP contribution in [0.5, 0.6) is 0 Å². The molecule has 32 heavy (non-hydrogen) atoms. The van der Waals surface area contributed by atoms with Crippen molar-refractivity contribution in [2.45, 2.75) is 52.5 Å². The van der Waals surface area contributed by atoms with Crippen LogP contribution in [-0.2, 0) is 17.6 Å². The second-order valence-electron chi connectivity index (χ2n) is 8.99. The van der Waals surface area contributed by atoms with Gasteiger partial charge >= 0.3 is 0 Å². The predicted octanol–water partition coefficient (Wildman–Crippen LogP) is 3.45. The number of fused-ring (bicyclic) bond motifs is 1. The van der Waals surface area contributed by atoms with Gasteiger partial charge in [0.05, 0.1) is 0 Å². The van der Waals surface area contributed by atoms with Gasteiger partial charge in [-0.25, -0.2) is 0 Å². The Balaban J connectivity index is 1.40. The van der Waals surface area contributed by atoms with Crippen LogP contribution in [-0.4, -0.2) is 62.4 Å². The van der Waals surface area contributed by atoms with Gasteiger partial charge in [0.2, 0.25) is 11.8 Å². The fourth-order valence-electron chi connectivity index (χ4n) is 4.40. The van der Waals surface area contributed by atoms with Crippen molar-refractivity contribution in [1.29, 1.82) is 0 Å². The van der Waals surface area contributed by atoms with Crippen LogP contribution < -0.4 is 0 Å². The van der Waals surface area contributed by atoms with Crippen molar-refractivity contribution in [2.24, 2.45) is 5.92 Å². The third kappa shape index (κ3) is 5.00. The number of hydrogen-bond acceptors (Lipinski definition) is 5. The van der Waals surface area contributed by atoms with E-state index in [2.05, 4.69) is 29.0 Å². The molecular formula is C24H31N5O3. The summed E-state index contributed by atoms with van der Waals surface area (Å²) in [5.41, 5.74) is 1.62. The van der Waals surface area contributed by atoms with Gasteiger partial charge in [0.15, 0.2) is 5.82 Å². The topological polar surface area (TPSA) is 95.3 Å². The summed E-state index contributed by atoms with van der Waals surface area (Å²) >= 11 is 0. The Bertz CT molecular complexity index is 1090. The molecule has 2 aromatic heterocycles. The molecule has 1 fully saturated rings. The minimum Gasteiger partial charge on any atom is -0.361 e. The fraction of sp³-hybridized carbons (Fsp3) is 0.500. The maximum atomic E-state index is 13.1. The molecular weight excluding hydrogens is 406 g/mol. The standard InChI is InChI=1S/C24H31N5O3/c1-16(2)13-23-26-22(27-32-23)9-12-29(17(3)30)20-5-4-11-28(15-20)24(31)19-7-6-18-8-10-25-21(18)14-19/h6-8,10,14,16,20,25H,4-5,9,11-13,15H2,1-3H3. The van der Waals surface area contributed by atoms with Gasteiger partial charge in [-0.1, -0.05) is 25.1 Å². The van der Waals surface area contributed by atoms with Crippen molar-refractivity contribution >= 4 is 22.7 Å². The molecule has 3 heterocycles. The molecule has 0 saturated carbocycles. The van der Waals surface area contributed by atoms with E-state index in [1.165, 1.54) is 0 Å². The number of H-pyrrole nitrogens is 1. The maximum Gasteiger partial charge on any atom is 0.254 e. The zero-order valence-electron chi connectivity index (χ0n) is 19.0. The Morgan fingerprint density at radius 1 is 1.31 bits per heavy atom. The van der Waals surface area contributed by atoms with Crippen LogP contribution in [0.15, 0.2) is 35.0 Å². The van der Waals surface area contributed by atoms with Gasteiger partial charge in [-0.05, 0) is 42.3 Å². The first kappa shape index (κ1) is 22.0. The largest absolute Gasteiger partial charge is 0.361 e. The zero-order valence-corrected chi connectivity index (χ0v) is 19.0. The lowest BCUT2D eigenvalue weighted by Gasteiger charge is -2.39. The Morgan fingerprint density at radius 2 is 2.16 bits per heavy atom. The molecule has 170 valence electrons. The summed E-state index contributed by atoms with van der Waals surface area (Å²) in [6.07, 6.45) is 4.90. The molecule has 1 aliphatic rings. The fourth-order valence-corrected chi connectivity index (χ4v) is 4.40. The number of amides is 2. The molecule has 0 bridgehead atoms. The van der Waals surface area contributed by atoms with Crippen LogP contribution in [0.25, 0.3) is 10.9 Å². The zero-order chi connectivity index (χ0) is 22.7. The van der Waals surface area contributed by atoms with Gasteiger partial charge in [-0.3, -0.25) is 9.59 Å². The summed E-state index contributed by atoms with van der Waals surface area (Å²) in [5.74, 6) is 1.71. The average molecular weight is 438 g/mol. The number of aromatic amines is 1. The number of benzene rings is 1. The molecule has 0 radical (unpaired) electrons. The molecule has 1 unspecified atom stereocenters. The monoisotopic (exact) mass is 437 g/mol. The normalized spacial score (nSPS) is 16.6. The van der Waals surface area contributed by atoms with E-state index in [1.54, 1.807) is 6.92 Å². The lowest BCUT2D eigenvalue weighted by atomic mass is 10.0. The third-order valence-corrected chi connectivity index (χ3v) is 6.00. The average Bonchev–Trinajstić information content (AvgIpc) is 3.41. The first-order valence-electron chi connectivity index (χ1n) is 11.4. The van der Waals surface area contributed by atoms with Gasteiger partial charge in [-0.15, -0.1) is 0 Å². The number of nitrogens with one attached hydrogen (secondary N) is 1. The Hall–Kier alpha value is -3.16. The van der Waals surface area contributed by atoms with Gasteiger partial charge in [0.25, 0.3) is 5.91 Å². The van der Waals surface area contributed by atoms with Crippen molar-refractivity contribution < 1.29 is 14.1 Å². The lowest BCUT2D eigenvalue weighted by molar-refractivity contribution is -0.132. The maximum absolute atomic E-state index is 13.1. The number of carbonyl (C=O) groups is 2. The van der Waals surface area contributed by atoms with Gasteiger partial charge in [0.1, 0.15) is 0 Å². The first-order valence-corrected chi connectivity index (χ1v) is 11.4. The third-order valence-electron chi connectivity index (χ3n) is 6.00. The van der Waals surface area contributed by atoms with Gasteiger partial charge < -0.3 is 19.3 Å². The summed E-state index contributed by atoms with van der Waals surface area (Å²) in [7, 11) is 0. The molecule has 0 spiro atoms. The number of piperidine rings is 1. The molecule has 1 N–H and O–H groups in total. The minimum atomic E-state index is -0.0125. The Kier molecular flexibility index (Phi) is 6.58. The first-order chi connectivity index (χ1) is 15.4. The van der Waals surface area contributed by atoms with Crippen molar-refractivity contribution in [3.63, 3.8) is 0 Å². The van der Waals surface area contributed by atoms with Gasteiger partial charge in [-0.2, -0.15) is 4.98 Å². The van der Waals surface area contributed by atoms with Crippen LogP contribution in [0.2, 0.25) is 0 Å². The van der Waals surface area contributed by atoms with E-state index in [1.807, 2.05) is 40.3 Å². The summed E-state index contributed by atoms with van der Waals surface area (Å²) in [6.45, 7) is 7.54. The predicted molar refractivity (Wildman–Crippen MR) is 121 cm³/mol. The van der Waals surface area contributed by atoms with Crippen LogP contribution in [0.4, 0.5) is 0 Å². The Morgan fingerprint density at radius 3 is 2.94 bits per heavy atom. The highest BCUT2D eigenvalue weighted by molar-refractivity contribution is 5.98. The van der Waals surface area contributed by atoms with E-state index >= 15 is 0 Å². The van der Waals surface area contributed by atoms with Crippen LogP contribution >= 0.6 is 0 Å². The van der Waals surface area contributed by atoms with Gasteiger partial charge in [0, 0.05) is 62.7 Å². The molecule has 1 aliphatic heterocycles. The van der Waals surface area contributed by atoms with Crippen LogP contribution in [0, 0.1) is 5.92 Å². The number of likely N-dealkylation sites (tertiary alicyclic amines) is 1. The van der Waals surface area contributed by atoms with E-state index in [-0.39, 0.29) is 17.9 Å². The van der Waals surface area contributed by atoms with Crippen molar-refractivity contribution in [1.82, 2.24) is 24.9 Å².